The highest BCUT2D eigenvalue weighted by atomic mass is 32.1. The smallest absolute Gasteiger partial charge is 0.227 e. The number of carbonyl (C=O) groups excluding carboxylic acids is 1. The van der Waals surface area contributed by atoms with Gasteiger partial charge in [-0.2, -0.15) is 11.3 Å². The number of hydrogen-bond acceptors (Lipinski definition) is 3. The van der Waals surface area contributed by atoms with Gasteiger partial charge in [0.15, 0.2) is 0 Å². The van der Waals surface area contributed by atoms with Gasteiger partial charge in [-0.1, -0.05) is 30.3 Å². The molecule has 1 heterocycles. The van der Waals surface area contributed by atoms with Crippen molar-refractivity contribution in [1.29, 1.82) is 0 Å². The van der Waals surface area contributed by atoms with Gasteiger partial charge in [0.05, 0.1) is 6.42 Å². The van der Waals surface area contributed by atoms with E-state index >= 15 is 0 Å². The quantitative estimate of drug-likeness (QED) is 0.851. The second-order valence-electron chi connectivity index (χ2n) is 4.75. The number of rotatable bonds is 7. The van der Waals surface area contributed by atoms with E-state index in [1.165, 1.54) is 0 Å². The lowest BCUT2D eigenvalue weighted by Gasteiger charge is -2.22. The Morgan fingerprint density at radius 1 is 1.15 bits per heavy atom. The fraction of sp³-hybridized carbons (Fsp3) is 0.312. The molecule has 0 spiro atoms. The Labute approximate surface area is 124 Å². The molecule has 0 unspecified atom stereocenters. The first kappa shape index (κ1) is 14.8. The molecule has 106 valence electrons. The van der Waals surface area contributed by atoms with E-state index in [1.807, 2.05) is 52.1 Å². The third-order valence-corrected chi connectivity index (χ3v) is 3.87. The summed E-state index contributed by atoms with van der Waals surface area (Å²) in [4.78, 5) is 14.3. The number of benzene rings is 1. The lowest BCUT2D eigenvalue weighted by Crippen LogP contribution is -2.33. The van der Waals surface area contributed by atoms with E-state index in [1.54, 1.807) is 11.3 Å². The molecule has 4 heteroatoms. The van der Waals surface area contributed by atoms with Gasteiger partial charge in [0, 0.05) is 13.1 Å². The summed E-state index contributed by atoms with van der Waals surface area (Å²) in [5, 5.41) is 4.03. The Kier molecular flexibility index (Phi) is 5.77. The summed E-state index contributed by atoms with van der Waals surface area (Å²) in [6.45, 7) is 1.98. The molecule has 2 N–H and O–H groups in total. The normalized spacial score (nSPS) is 10.4. The van der Waals surface area contributed by atoms with Crippen LogP contribution in [-0.2, 0) is 17.8 Å². The zero-order valence-electron chi connectivity index (χ0n) is 11.5. The number of nitrogens with two attached hydrogens (primary N) is 1. The van der Waals surface area contributed by atoms with Crippen LogP contribution < -0.4 is 5.73 Å². The molecule has 1 aromatic carbocycles. The van der Waals surface area contributed by atoms with Crippen molar-refractivity contribution in [1.82, 2.24) is 4.90 Å². The number of hydrogen-bond donors (Lipinski definition) is 1. The average molecular weight is 288 g/mol. The van der Waals surface area contributed by atoms with Crippen molar-refractivity contribution in [2.75, 3.05) is 13.1 Å². The molecule has 0 fully saturated rings. The fourth-order valence-corrected chi connectivity index (χ4v) is 2.73. The summed E-state index contributed by atoms with van der Waals surface area (Å²) in [5.41, 5.74) is 7.81. The van der Waals surface area contributed by atoms with Gasteiger partial charge < -0.3 is 10.6 Å². The molecule has 2 rings (SSSR count). The van der Waals surface area contributed by atoms with Gasteiger partial charge in [-0.3, -0.25) is 4.79 Å². The number of thiophene rings is 1. The van der Waals surface area contributed by atoms with Gasteiger partial charge in [0.2, 0.25) is 5.91 Å². The van der Waals surface area contributed by atoms with E-state index in [-0.39, 0.29) is 5.91 Å². The second-order valence-corrected chi connectivity index (χ2v) is 5.53. The molecule has 0 saturated heterocycles. The molecule has 2 aromatic rings. The highest BCUT2D eigenvalue weighted by Gasteiger charge is 2.14. The zero-order valence-corrected chi connectivity index (χ0v) is 12.3. The van der Waals surface area contributed by atoms with Crippen molar-refractivity contribution >= 4 is 17.2 Å². The van der Waals surface area contributed by atoms with Crippen LogP contribution >= 0.6 is 11.3 Å². The largest absolute Gasteiger partial charge is 0.338 e. The lowest BCUT2D eigenvalue weighted by atomic mass is 10.1. The van der Waals surface area contributed by atoms with Crippen molar-refractivity contribution in [3.8, 4) is 0 Å². The maximum Gasteiger partial charge on any atom is 0.227 e. The van der Waals surface area contributed by atoms with E-state index in [0.29, 0.717) is 26.1 Å². The third kappa shape index (κ3) is 4.47. The Bertz CT molecular complexity index is 511. The minimum atomic E-state index is 0.167. The molecule has 1 amide bonds. The third-order valence-electron chi connectivity index (χ3n) is 3.14. The van der Waals surface area contributed by atoms with Crippen molar-refractivity contribution in [2.24, 2.45) is 5.73 Å². The van der Waals surface area contributed by atoms with Crippen molar-refractivity contribution < 1.29 is 4.79 Å². The summed E-state index contributed by atoms with van der Waals surface area (Å²) in [5.74, 6) is 0.167. The second kappa shape index (κ2) is 7.82. The molecule has 20 heavy (non-hydrogen) atoms. The minimum absolute atomic E-state index is 0.167. The first-order chi connectivity index (χ1) is 9.79. The van der Waals surface area contributed by atoms with Crippen LogP contribution in [-0.4, -0.2) is 23.9 Å². The highest BCUT2D eigenvalue weighted by Crippen LogP contribution is 2.11. The highest BCUT2D eigenvalue weighted by molar-refractivity contribution is 7.07. The average Bonchev–Trinajstić information content (AvgIpc) is 2.97. The van der Waals surface area contributed by atoms with Gasteiger partial charge in [-0.05, 0) is 40.9 Å². The SMILES string of the molecule is NCCCN(Cc1ccccc1)C(=O)Cc1ccsc1. The van der Waals surface area contributed by atoms with Crippen LogP contribution in [0.1, 0.15) is 17.5 Å². The van der Waals surface area contributed by atoms with Crippen LogP contribution in [0, 0.1) is 0 Å². The molecular formula is C16H20N2OS. The molecular weight excluding hydrogens is 268 g/mol. The Morgan fingerprint density at radius 2 is 1.95 bits per heavy atom. The molecule has 3 nitrogen and oxygen atoms in total. The van der Waals surface area contributed by atoms with Crippen molar-refractivity contribution in [3.63, 3.8) is 0 Å². The molecule has 0 aliphatic rings. The number of nitrogens with zero attached hydrogens (tertiary/aromatic N) is 1. The number of amides is 1. The van der Waals surface area contributed by atoms with Gasteiger partial charge in [-0.15, -0.1) is 0 Å². The Hall–Kier alpha value is -1.65. The molecule has 0 atom stereocenters. The molecule has 0 aliphatic carbocycles. The summed E-state index contributed by atoms with van der Waals surface area (Å²) in [6.07, 6.45) is 1.31. The van der Waals surface area contributed by atoms with Gasteiger partial charge in [0.25, 0.3) is 0 Å². The van der Waals surface area contributed by atoms with Crippen molar-refractivity contribution in [2.45, 2.75) is 19.4 Å². The Balaban J connectivity index is 2.00. The molecule has 0 saturated carbocycles. The van der Waals surface area contributed by atoms with E-state index in [0.717, 1.165) is 17.5 Å². The van der Waals surface area contributed by atoms with E-state index in [9.17, 15) is 4.79 Å². The summed E-state index contributed by atoms with van der Waals surface area (Å²) < 4.78 is 0. The summed E-state index contributed by atoms with van der Waals surface area (Å²) in [7, 11) is 0. The first-order valence-corrected chi connectivity index (χ1v) is 7.76. The van der Waals surface area contributed by atoms with E-state index in [2.05, 4.69) is 0 Å². The predicted octanol–water partition coefficient (Wildman–Crippen LogP) is 2.67. The maximum absolute atomic E-state index is 12.4. The summed E-state index contributed by atoms with van der Waals surface area (Å²) in [6, 6.07) is 12.1. The zero-order chi connectivity index (χ0) is 14.2. The van der Waals surface area contributed by atoms with Gasteiger partial charge in [0.1, 0.15) is 0 Å². The van der Waals surface area contributed by atoms with Crippen LogP contribution in [0.25, 0.3) is 0 Å². The van der Waals surface area contributed by atoms with Gasteiger partial charge >= 0.3 is 0 Å². The van der Waals surface area contributed by atoms with Crippen LogP contribution in [0.3, 0.4) is 0 Å². The molecule has 0 aliphatic heterocycles. The maximum atomic E-state index is 12.4. The van der Waals surface area contributed by atoms with E-state index in [4.69, 9.17) is 5.73 Å². The minimum Gasteiger partial charge on any atom is -0.338 e. The van der Waals surface area contributed by atoms with Crippen LogP contribution in [0.15, 0.2) is 47.2 Å². The van der Waals surface area contributed by atoms with Crippen molar-refractivity contribution in [3.05, 3.63) is 58.3 Å². The lowest BCUT2D eigenvalue weighted by molar-refractivity contribution is -0.131. The van der Waals surface area contributed by atoms with Gasteiger partial charge in [-0.25, -0.2) is 0 Å². The molecule has 0 radical (unpaired) electrons. The van der Waals surface area contributed by atoms with E-state index < -0.39 is 0 Å². The van der Waals surface area contributed by atoms with Crippen LogP contribution in [0.2, 0.25) is 0 Å². The van der Waals surface area contributed by atoms with Crippen LogP contribution in [0.5, 0.6) is 0 Å². The predicted molar refractivity (Wildman–Crippen MR) is 83.6 cm³/mol. The Morgan fingerprint density at radius 3 is 2.60 bits per heavy atom. The monoisotopic (exact) mass is 288 g/mol. The standard InChI is InChI=1S/C16H20N2OS/c17-8-4-9-18(12-14-5-2-1-3-6-14)16(19)11-15-7-10-20-13-15/h1-3,5-7,10,13H,4,8-9,11-12,17H2. The number of carbonyl (C=O) groups is 1. The molecule has 0 bridgehead atoms. The fourth-order valence-electron chi connectivity index (χ4n) is 2.06. The topological polar surface area (TPSA) is 46.3 Å². The van der Waals surface area contributed by atoms with Crippen LogP contribution in [0.4, 0.5) is 0 Å². The molecule has 1 aromatic heterocycles. The first-order valence-electron chi connectivity index (χ1n) is 6.82. The summed E-state index contributed by atoms with van der Waals surface area (Å²) >= 11 is 1.62.